The van der Waals surface area contributed by atoms with Crippen molar-refractivity contribution in [2.45, 2.75) is 25.7 Å². The number of nitrogens with one attached hydrogen (secondary N) is 1. The van der Waals surface area contributed by atoms with Gasteiger partial charge in [0.2, 0.25) is 0 Å². The Morgan fingerprint density at radius 1 is 1.17 bits per heavy atom. The van der Waals surface area contributed by atoms with Gasteiger partial charge in [-0.3, -0.25) is 4.79 Å². The highest BCUT2D eigenvalue weighted by Gasteiger charge is 2.27. The van der Waals surface area contributed by atoms with Gasteiger partial charge in [-0.2, -0.15) is 0 Å². The fourth-order valence-corrected chi connectivity index (χ4v) is 4.44. The number of likely N-dealkylation sites (tertiary alicyclic amines) is 1. The zero-order chi connectivity index (χ0) is 15.8. The molecule has 0 saturated carbocycles. The first-order valence-corrected chi connectivity index (χ1v) is 9.02. The number of aromatic nitrogens is 1. The first kappa shape index (κ1) is 14.5. The van der Waals surface area contributed by atoms with Crippen LogP contribution >= 0.6 is 11.3 Å². The molecule has 0 radical (unpaired) electrons. The lowest BCUT2D eigenvalue weighted by Crippen LogP contribution is -2.37. The maximum Gasteiger partial charge on any atom is 0.263 e. The molecular formula is C19H20N2OS. The van der Waals surface area contributed by atoms with E-state index in [9.17, 15) is 4.79 Å². The molecule has 0 unspecified atom stereocenters. The van der Waals surface area contributed by atoms with Gasteiger partial charge < -0.3 is 9.88 Å². The second-order valence-electron chi connectivity index (χ2n) is 6.25. The molecule has 118 valence electrons. The molecule has 2 aromatic heterocycles. The summed E-state index contributed by atoms with van der Waals surface area (Å²) in [6, 6.07) is 12.4. The molecule has 23 heavy (non-hydrogen) atoms. The van der Waals surface area contributed by atoms with Crippen LogP contribution in [0.25, 0.3) is 10.9 Å². The molecule has 1 aliphatic rings. The minimum Gasteiger partial charge on any atom is -0.358 e. The number of aryl methyl sites for hydroxylation is 1. The van der Waals surface area contributed by atoms with Crippen LogP contribution in [0, 0.1) is 6.92 Å². The number of piperidine rings is 1. The van der Waals surface area contributed by atoms with E-state index >= 15 is 0 Å². The molecule has 1 aliphatic heterocycles. The smallest absolute Gasteiger partial charge is 0.263 e. The molecule has 3 nitrogen and oxygen atoms in total. The summed E-state index contributed by atoms with van der Waals surface area (Å²) >= 11 is 1.53. The summed E-state index contributed by atoms with van der Waals surface area (Å²) < 4.78 is 0. The monoisotopic (exact) mass is 324 g/mol. The Hall–Kier alpha value is -2.07. The normalized spacial score (nSPS) is 16.1. The Morgan fingerprint density at radius 2 is 1.96 bits per heavy atom. The Kier molecular flexibility index (Phi) is 3.69. The summed E-state index contributed by atoms with van der Waals surface area (Å²) in [5.41, 5.74) is 3.94. The van der Waals surface area contributed by atoms with Gasteiger partial charge in [-0.1, -0.05) is 24.3 Å². The molecular weight excluding hydrogens is 304 g/mol. The van der Waals surface area contributed by atoms with Crippen LogP contribution < -0.4 is 0 Å². The third-order valence-corrected chi connectivity index (χ3v) is 5.72. The number of benzene rings is 1. The zero-order valence-corrected chi connectivity index (χ0v) is 14.0. The predicted octanol–water partition coefficient (Wildman–Crippen LogP) is 4.56. The molecule has 0 aliphatic carbocycles. The van der Waals surface area contributed by atoms with Crippen LogP contribution in [-0.2, 0) is 0 Å². The molecule has 3 aromatic rings. The maximum absolute atomic E-state index is 12.5. The van der Waals surface area contributed by atoms with Crippen LogP contribution in [0.3, 0.4) is 0 Å². The second-order valence-corrected chi connectivity index (χ2v) is 7.20. The number of thiophene rings is 1. The van der Waals surface area contributed by atoms with Crippen LogP contribution in [0.1, 0.15) is 39.7 Å². The van der Waals surface area contributed by atoms with Crippen molar-refractivity contribution in [2.75, 3.05) is 13.1 Å². The summed E-state index contributed by atoms with van der Waals surface area (Å²) in [5.74, 6) is 0.729. The van der Waals surface area contributed by atoms with Crippen LogP contribution in [0.2, 0.25) is 0 Å². The molecule has 1 saturated heterocycles. The first-order chi connectivity index (χ1) is 11.2. The summed E-state index contributed by atoms with van der Waals surface area (Å²) in [5, 5.41) is 3.31. The van der Waals surface area contributed by atoms with E-state index in [1.54, 1.807) is 0 Å². The molecule has 1 fully saturated rings. The number of aromatic amines is 1. The van der Waals surface area contributed by atoms with Crippen molar-refractivity contribution in [3.05, 3.63) is 57.9 Å². The van der Waals surface area contributed by atoms with E-state index in [1.807, 2.05) is 22.4 Å². The van der Waals surface area contributed by atoms with Gasteiger partial charge >= 0.3 is 0 Å². The fraction of sp³-hybridized carbons (Fsp3) is 0.316. The van der Waals surface area contributed by atoms with Gasteiger partial charge in [-0.25, -0.2) is 0 Å². The minimum atomic E-state index is 0.189. The molecule has 0 atom stereocenters. The van der Waals surface area contributed by atoms with Crippen molar-refractivity contribution >= 4 is 28.1 Å². The summed E-state index contributed by atoms with van der Waals surface area (Å²) in [6.07, 6.45) is 2.08. The number of fused-ring (bicyclic) bond motifs is 1. The third kappa shape index (κ3) is 2.57. The second kappa shape index (κ2) is 5.85. The van der Waals surface area contributed by atoms with Crippen LogP contribution in [0.4, 0.5) is 0 Å². The minimum absolute atomic E-state index is 0.189. The van der Waals surface area contributed by atoms with E-state index in [-0.39, 0.29) is 5.91 Å². The molecule has 1 amide bonds. The molecule has 4 rings (SSSR count). The van der Waals surface area contributed by atoms with Gasteiger partial charge in [0, 0.05) is 29.7 Å². The van der Waals surface area contributed by atoms with Crippen molar-refractivity contribution in [2.24, 2.45) is 0 Å². The van der Waals surface area contributed by atoms with Crippen molar-refractivity contribution in [3.8, 4) is 0 Å². The number of H-pyrrole nitrogens is 1. The molecule has 0 bridgehead atoms. The fourth-order valence-electron chi connectivity index (χ4n) is 3.75. The first-order valence-electron chi connectivity index (χ1n) is 8.14. The van der Waals surface area contributed by atoms with Gasteiger partial charge in [-0.05, 0) is 48.8 Å². The van der Waals surface area contributed by atoms with Gasteiger partial charge in [0.25, 0.3) is 5.91 Å². The Labute approximate surface area is 139 Å². The number of carbonyl (C=O) groups is 1. The highest BCUT2D eigenvalue weighted by atomic mass is 32.1. The van der Waals surface area contributed by atoms with E-state index < -0.39 is 0 Å². The molecule has 0 spiro atoms. The lowest BCUT2D eigenvalue weighted by Gasteiger charge is -2.32. The molecule has 1 N–H and O–H groups in total. The Bertz CT molecular complexity index is 826. The van der Waals surface area contributed by atoms with Crippen molar-refractivity contribution in [1.82, 2.24) is 9.88 Å². The number of amides is 1. The third-order valence-electron chi connectivity index (χ3n) is 4.87. The highest BCUT2D eigenvalue weighted by molar-refractivity contribution is 7.12. The van der Waals surface area contributed by atoms with Gasteiger partial charge in [0.15, 0.2) is 0 Å². The van der Waals surface area contributed by atoms with E-state index in [0.29, 0.717) is 5.92 Å². The molecule has 3 heterocycles. The lowest BCUT2D eigenvalue weighted by molar-refractivity contribution is 0.0718. The number of hydrogen-bond donors (Lipinski definition) is 1. The lowest BCUT2D eigenvalue weighted by atomic mass is 9.87. The number of carbonyl (C=O) groups excluding carboxylic acids is 1. The zero-order valence-electron chi connectivity index (χ0n) is 13.2. The maximum atomic E-state index is 12.5. The van der Waals surface area contributed by atoms with E-state index in [4.69, 9.17) is 0 Å². The Balaban J connectivity index is 1.53. The van der Waals surface area contributed by atoms with Gasteiger partial charge in [0.05, 0.1) is 4.88 Å². The Morgan fingerprint density at radius 3 is 2.70 bits per heavy atom. The summed E-state index contributed by atoms with van der Waals surface area (Å²) in [6.45, 7) is 3.86. The summed E-state index contributed by atoms with van der Waals surface area (Å²) in [7, 11) is 0. The van der Waals surface area contributed by atoms with E-state index in [0.717, 1.165) is 30.8 Å². The number of nitrogens with zero attached hydrogens (tertiary/aromatic N) is 1. The van der Waals surface area contributed by atoms with Crippen molar-refractivity contribution < 1.29 is 4.79 Å². The van der Waals surface area contributed by atoms with E-state index in [1.165, 1.54) is 33.5 Å². The SMILES string of the molecule is Cc1[nH]c2ccccc2c1C1CCN(C(=O)c2cccs2)CC1. The number of rotatable bonds is 2. The summed E-state index contributed by atoms with van der Waals surface area (Å²) in [4.78, 5) is 18.8. The molecule has 1 aromatic carbocycles. The topological polar surface area (TPSA) is 36.1 Å². The highest BCUT2D eigenvalue weighted by Crippen LogP contribution is 2.35. The van der Waals surface area contributed by atoms with Crippen LogP contribution in [0.15, 0.2) is 41.8 Å². The average molecular weight is 324 g/mol. The van der Waals surface area contributed by atoms with Crippen LogP contribution in [-0.4, -0.2) is 28.9 Å². The molecule has 4 heteroatoms. The number of para-hydroxylation sites is 1. The predicted molar refractivity (Wildman–Crippen MR) is 95.2 cm³/mol. The quantitative estimate of drug-likeness (QED) is 0.737. The average Bonchev–Trinajstić information content (AvgIpc) is 3.21. The standard InChI is InChI=1S/C19H20N2OS/c1-13-18(15-5-2-3-6-16(15)20-13)14-8-10-21(11-9-14)19(22)17-7-4-12-23-17/h2-7,12,14,20H,8-11H2,1H3. The largest absolute Gasteiger partial charge is 0.358 e. The van der Waals surface area contributed by atoms with E-state index in [2.05, 4.69) is 36.2 Å². The number of hydrogen-bond acceptors (Lipinski definition) is 2. The van der Waals surface area contributed by atoms with Crippen LogP contribution in [0.5, 0.6) is 0 Å². The van der Waals surface area contributed by atoms with Gasteiger partial charge in [0.1, 0.15) is 0 Å². The van der Waals surface area contributed by atoms with Crippen molar-refractivity contribution in [3.63, 3.8) is 0 Å². The van der Waals surface area contributed by atoms with Gasteiger partial charge in [-0.15, -0.1) is 11.3 Å². The van der Waals surface area contributed by atoms with Crippen molar-refractivity contribution in [1.29, 1.82) is 0 Å².